The van der Waals surface area contributed by atoms with Crippen molar-refractivity contribution < 1.29 is 4.79 Å². The minimum atomic E-state index is -0.194. The van der Waals surface area contributed by atoms with Crippen molar-refractivity contribution in [3.05, 3.63) is 87.9 Å². The van der Waals surface area contributed by atoms with Crippen LogP contribution < -0.4 is 11.1 Å². The lowest BCUT2D eigenvalue weighted by atomic mass is 10.1. The number of rotatable bonds is 9. The zero-order chi connectivity index (χ0) is 18.9. The van der Waals surface area contributed by atoms with Crippen molar-refractivity contribution in [2.24, 2.45) is 5.73 Å². The average molecular weight is 398 g/mol. The summed E-state index contributed by atoms with van der Waals surface area (Å²) < 4.78 is 0. The van der Waals surface area contributed by atoms with Crippen molar-refractivity contribution >= 4 is 29.0 Å². The topological polar surface area (TPSA) is 68.0 Å². The van der Waals surface area contributed by atoms with E-state index in [2.05, 4.69) is 22.4 Å². The number of carbonyl (C=O) groups is 1. The molecule has 1 atom stereocenters. The van der Waals surface area contributed by atoms with E-state index in [0.29, 0.717) is 18.7 Å². The Bertz CT molecular complexity index is 837. The fraction of sp³-hybridized carbons (Fsp3) is 0.238. The molecule has 1 amide bonds. The number of nitrogens with two attached hydrogens (primary N) is 1. The van der Waals surface area contributed by atoms with Crippen LogP contribution in [0.2, 0.25) is 0 Å². The summed E-state index contributed by atoms with van der Waals surface area (Å²) in [4.78, 5) is 16.7. The Morgan fingerprint density at radius 3 is 2.44 bits per heavy atom. The summed E-state index contributed by atoms with van der Waals surface area (Å²) in [5, 5.41) is 5.51. The van der Waals surface area contributed by atoms with E-state index in [9.17, 15) is 4.79 Å². The van der Waals surface area contributed by atoms with Crippen LogP contribution in [0.25, 0.3) is 0 Å². The highest BCUT2D eigenvalue weighted by molar-refractivity contribution is 7.98. The van der Waals surface area contributed by atoms with Crippen LogP contribution in [0.3, 0.4) is 0 Å². The number of amides is 1. The van der Waals surface area contributed by atoms with E-state index in [1.165, 1.54) is 22.5 Å². The molecular formula is C21H23N3OS2. The maximum Gasteiger partial charge on any atom is 0.270 e. The van der Waals surface area contributed by atoms with Gasteiger partial charge in [-0.2, -0.15) is 11.8 Å². The second kappa shape index (κ2) is 10.3. The lowest BCUT2D eigenvalue weighted by Crippen LogP contribution is -2.26. The minimum absolute atomic E-state index is 0.135. The van der Waals surface area contributed by atoms with Gasteiger partial charge in [-0.05, 0) is 17.5 Å². The summed E-state index contributed by atoms with van der Waals surface area (Å²) >= 11 is 3.25. The minimum Gasteiger partial charge on any atom is -0.350 e. The second-order valence-electron chi connectivity index (χ2n) is 6.16. The predicted molar refractivity (Wildman–Crippen MR) is 114 cm³/mol. The van der Waals surface area contributed by atoms with Gasteiger partial charge in [0.25, 0.3) is 5.91 Å². The van der Waals surface area contributed by atoms with E-state index >= 15 is 0 Å². The SMILES string of the molecule is NC(Cc1ccccc1)c1nc(C(=O)NCCSCc2ccccc2)cs1. The molecule has 3 N–H and O–H groups in total. The standard InChI is InChI=1S/C21H23N3OS2/c22-18(13-16-7-3-1-4-8-16)21-24-19(15-27-21)20(25)23-11-12-26-14-17-9-5-2-6-10-17/h1-10,15,18H,11-14,22H2,(H,23,25). The lowest BCUT2D eigenvalue weighted by molar-refractivity contribution is 0.0951. The molecule has 0 aliphatic carbocycles. The monoisotopic (exact) mass is 397 g/mol. The van der Waals surface area contributed by atoms with Gasteiger partial charge in [0.05, 0.1) is 6.04 Å². The van der Waals surface area contributed by atoms with Gasteiger partial charge in [0.1, 0.15) is 10.7 Å². The van der Waals surface area contributed by atoms with Crippen molar-refractivity contribution in [1.82, 2.24) is 10.3 Å². The summed E-state index contributed by atoms with van der Waals surface area (Å²) in [7, 11) is 0. The molecular weight excluding hydrogens is 374 g/mol. The van der Waals surface area contributed by atoms with Crippen molar-refractivity contribution in [3.8, 4) is 0 Å². The molecule has 3 aromatic rings. The Kier molecular flexibility index (Phi) is 7.45. The fourth-order valence-corrected chi connectivity index (χ4v) is 4.23. The molecule has 6 heteroatoms. The summed E-state index contributed by atoms with van der Waals surface area (Å²) in [6.45, 7) is 0.624. The smallest absolute Gasteiger partial charge is 0.270 e. The number of hydrogen-bond acceptors (Lipinski definition) is 5. The van der Waals surface area contributed by atoms with Crippen LogP contribution in [-0.4, -0.2) is 23.2 Å². The lowest BCUT2D eigenvalue weighted by Gasteiger charge is -2.08. The third-order valence-electron chi connectivity index (χ3n) is 4.01. The summed E-state index contributed by atoms with van der Waals surface area (Å²) in [5.41, 5.74) is 9.16. The number of thioether (sulfide) groups is 1. The Labute approximate surface area is 168 Å². The van der Waals surface area contributed by atoms with Gasteiger partial charge in [-0.25, -0.2) is 4.98 Å². The average Bonchev–Trinajstić information content (AvgIpc) is 3.20. The van der Waals surface area contributed by atoms with Gasteiger partial charge < -0.3 is 11.1 Å². The normalized spacial score (nSPS) is 11.9. The summed E-state index contributed by atoms with van der Waals surface area (Å²) in [5.74, 6) is 1.68. The highest BCUT2D eigenvalue weighted by Crippen LogP contribution is 2.20. The third-order valence-corrected chi connectivity index (χ3v) is 6.02. The first-order valence-corrected chi connectivity index (χ1v) is 10.9. The van der Waals surface area contributed by atoms with Crippen LogP contribution in [0.4, 0.5) is 0 Å². The number of hydrogen-bond donors (Lipinski definition) is 2. The van der Waals surface area contributed by atoms with Crippen LogP contribution in [0.15, 0.2) is 66.0 Å². The predicted octanol–water partition coefficient (Wildman–Crippen LogP) is 4.05. The van der Waals surface area contributed by atoms with Crippen LogP contribution in [-0.2, 0) is 12.2 Å². The van der Waals surface area contributed by atoms with Gasteiger partial charge in [0.15, 0.2) is 0 Å². The molecule has 0 bridgehead atoms. The molecule has 0 saturated heterocycles. The van der Waals surface area contributed by atoms with Crippen molar-refractivity contribution in [2.75, 3.05) is 12.3 Å². The van der Waals surface area contributed by atoms with Gasteiger partial charge in [-0.3, -0.25) is 4.79 Å². The van der Waals surface area contributed by atoms with Gasteiger partial charge >= 0.3 is 0 Å². The molecule has 27 heavy (non-hydrogen) atoms. The van der Waals surface area contributed by atoms with Crippen molar-refractivity contribution in [2.45, 2.75) is 18.2 Å². The van der Waals surface area contributed by atoms with Crippen LogP contribution in [0, 0.1) is 0 Å². The molecule has 0 radical (unpaired) electrons. The molecule has 2 aromatic carbocycles. The zero-order valence-electron chi connectivity index (χ0n) is 15.0. The molecule has 3 rings (SSSR count). The molecule has 4 nitrogen and oxygen atoms in total. The van der Waals surface area contributed by atoms with Gasteiger partial charge in [-0.15, -0.1) is 11.3 Å². The summed E-state index contributed by atoms with van der Waals surface area (Å²) in [6.07, 6.45) is 0.714. The molecule has 0 saturated carbocycles. The first kappa shape index (κ1) is 19.6. The van der Waals surface area contributed by atoms with Gasteiger partial charge in [0.2, 0.25) is 0 Å². The molecule has 0 spiro atoms. The van der Waals surface area contributed by atoms with Gasteiger partial charge in [0, 0.05) is 23.4 Å². The molecule has 1 heterocycles. The maximum atomic E-state index is 12.3. The maximum absolute atomic E-state index is 12.3. The Morgan fingerprint density at radius 2 is 1.74 bits per heavy atom. The largest absolute Gasteiger partial charge is 0.350 e. The quantitative estimate of drug-likeness (QED) is 0.535. The number of benzene rings is 2. The number of carbonyl (C=O) groups excluding carboxylic acids is 1. The van der Waals surface area contributed by atoms with Crippen molar-refractivity contribution in [3.63, 3.8) is 0 Å². The summed E-state index contributed by atoms with van der Waals surface area (Å²) in [6, 6.07) is 20.2. The molecule has 0 aliphatic rings. The Balaban J connectivity index is 1.41. The first-order valence-electron chi connectivity index (χ1n) is 8.87. The number of nitrogens with zero attached hydrogens (tertiary/aromatic N) is 1. The first-order chi connectivity index (χ1) is 13.2. The van der Waals surface area contributed by atoms with Crippen LogP contribution >= 0.6 is 23.1 Å². The zero-order valence-corrected chi connectivity index (χ0v) is 16.6. The highest BCUT2D eigenvalue weighted by atomic mass is 32.2. The Hall–Kier alpha value is -2.15. The van der Waals surface area contributed by atoms with E-state index in [1.807, 2.05) is 48.5 Å². The van der Waals surface area contributed by atoms with Crippen LogP contribution in [0.5, 0.6) is 0 Å². The fourth-order valence-electron chi connectivity index (χ4n) is 2.61. The number of thiazole rings is 1. The highest BCUT2D eigenvalue weighted by Gasteiger charge is 2.15. The molecule has 0 fully saturated rings. The van der Waals surface area contributed by atoms with Crippen LogP contribution in [0.1, 0.15) is 32.7 Å². The number of aromatic nitrogens is 1. The molecule has 1 unspecified atom stereocenters. The third kappa shape index (κ3) is 6.20. The molecule has 1 aromatic heterocycles. The Morgan fingerprint density at radius 1 is 1.07 bits per heavy atom. The van der Waals surface area contributed by atoms with E-state index in [1.54, 1.807) is 17.1 Å². The number of nitrogens with one attached hydrogen (secondary N) is 1. The molecule has 0 aliphatic heterocycles. The second-order valence-corrected chi connectivity index (χ2v) is 8.16. The van der Waals surface area contributed by atoms with E-state index in [-0.39, 0.29) is 11.9 Å². The van der Waals surface area contributed by atoms with E-state index in [4.69, 9.17) is 5.73 Å². The van der Waals surface area contributed by atoms with Gasteiger partial charge in [-0.1, -0.05) is 60.7 Å². The van der Waals surface area contributed by atoms with E-state index < -0.39 is 0 Å². The van der Waals surface area contributed by atoms with Crippen molar-refractivity contribution in [1.29, 1.82) is 0 Å². The molecule has 140 valence electrons. The van der Waals surface area contributed by atoms with E-state index in [0.717, 1.165) is 16.5 Å².